The van der Waals surface area contributed by atoms with Crippen LogP contribution < -0.4 is 0 Å². The molecule has 0 spiro atoms. The molecule has 4 heteroatoms. The number of hydrogen-bond acceptors (Lipinski definition) is 4. The number of hydrogen-bond donors (Lipinski definition) is 2. The van der Waals surface area contributed by atoms with Crippen LogP contribution in [0.2, 0.25) is 0 Å². The van der Waals surface area contributed by atoms with Crippen molar-refractivity contribution in [2.24, 2.45) is 40.4 Å². The third-order valence-corrected chi connectivity index (χ3v) is 11.5. The van der Waals surface area contributed by atoms with Gasteiger partial charge in [0.15, 0.2) is 0 Å². The van der Waals surface area contributed by atoms with Crippen LogP contribution in [0, 0.1) is 40.4 Å². The lowest BCUT2D eigenvalue weighted by Gasteiger charge is -2.59. The normalized spacial score (nSPS) is 41.8. The number of allylic oxidation sites excluding steroid dienone is 1. The van der Waals surface area contributed by atoms with Crippen LogP contribution in [0.1, 0.15) is 113 Å². The molecular formula is C32H56O4. The molecule has 0 aromatic rings. The van der Waals surface area contributed by atoms with Crippen LogP contribution in [-0.2, 0) is 9.47 Å². The highest BCUT2D eigenvalue weighted by atomic mass is 16.5. The largest absolute Gasteiger partial charge is 0.390 e. The van der Waals surface area contributed by atoms with Gasteiger partial charge in [0.25, 0.3) is 0 Å². The molecule has 3 saturated carbocycles. The first-order valence-corrected chi connectivity index (χ1v) is 15.0. The minimum Gasteiger partial charge on any atom is -0.390 e. The Morgan fingerprint density at radius 3 is 2.44 bits per heavy atom. The van der Waals surface area contributed by atoms with Gasteiger partial charge in [0.05, 0.1) is 23.9 Å². The number of rotatable bonds is 9. The first-order chi connectivity index (χ1) is 16.7. The second-order valence-electron chi connectivity index (χ2n) is 14.9. The van der Waals surface area contributed by atoms with Gasteiger partial charge in [0, 0.05) is 7.11 Å². The molecule has 0 aromatic carbocycles. The van der Waals surface area contributed by atoms with E-state index in [4.69, 9.17) is 9.47 Å². The van der Waals surface area contributed by atoms with Crippen molar-refractivity contribution in [1.29, 1.82) is 0 Å². The second kappa shape index (κ2) is 10.3. The fourth-order valence-corrected chi connectivity index (χ4v) is 9.28. The van der Waals surface area contributed by atoms with Gasteiger partial charge < -0.3 is 19.7 Å². The van der Waals surface area contributed by atoms with Crippen LogP contribution in [0.15, 0.2) is 11.6 Å². The summed E-state index contributed by atoms with van der Waals surface area (Å²) in [5, 5.41) is 21.6. The summed E-state index contributed by atoms with van der Waals surface area (Å²) in [7, 11) is 1.72. The minimum atomic E-state index is -0.546. The fraction of sp³-hybridized carbons (Fsp3) is 0.938. The molecule has 0 unspecified atom stereocenters. The number of fused-ring (bicyclic) bond motifs is 5. The molecule has 0 saturated heterocycles. The lowest BCUT2D eigenvalue weighted by atomic mass is 9.46. The Morgan fingerprint density at radius 1 is 1.06 bits per heavy atom. The zero-order valence-electron chi connectivity index (χ0n) is 24.6. The van der Waals surface area contributed by atoms with Crippen molar-refractivity contribution in [1.82, 2.24) is 0 Å². The van der Waals surface area contributed by atoms with Gasteiger partial charge in [-0.3, -0.25) is 0 Å². The monoisotopic (exact) mass is 504 g/mol. The average Bonchev–Trinajstić information content (AvgIpc) is 3.15. The second-order valence-corrected chi connectivity index (χ2v) is 14.9. The summed E-state index contributed by atoms with van der Waals surface area (Å²) in [5.74, 6) is 3.78. The summed E-state index contributed by atoms with van der Waals surface area (Å²) in [6, 6.07) is 0. The summed E-state index contributed by atoms with van der Waals surface area (Å²) < 4.78 is 11.8. The molecule has 0 radical (unpaired) electrons. The van der Waals surface area contributed by atoms with Crippen LogP contribution in [0.3, 0.4) is 0 Å². The lowest BCUT2D eigenvalue weighted by molar-refractivity contribution is -0.127. The van der Waals surface area contributed by atoms with Crippen LogP contribution in [-0.4, -0.2) is 47.3 Å². The smallest absolute Gasteiger partial charge is 0.102 e. The molecule has 2 N–H and O–H groups in total. The standard InChI is InChI=1S/C32H56O4/c1-21(10-9-17-29(2,3)34)23-13-14-24-22-11-12-26-28(33)27(36-20-30(4,5)35-8)16-19-32(26,7)25(22)15-18-31(23,24)6/h12,21-25,27-28,33-34H,9-11,13-20H2,1-8H3/t21-,22+,23-,24+,25+,27+,28-,31-,32-/m1/s1. The molecule has 4 rings (SSSR count). The van der Waals surface area contributed by atoms with Crippen LogP contribution in [0.5, 0.6) is 0 Å². The maximum Gasteiger partial charge on any atom is 0.102 e. The van der Waals surface area contributed by atoms with E-state index >= 15 is 0 Å². The maximum atomic E-state index is 11.4. The van der Waals surface area contributed by atoms with E-state index in [0.717, 1.165) is 55.8 Å². The molecule has 0 aromatic heterocycles. The van der Waals surface area contributed by atoms with Gasteiger partial charge in [-0.25, -0.2) is 0 Å². The topological polar surface area (TPSA) is 58.9 Å². The minimum absolute atomic E-state index is 0.108. The first kappa shape index (κ1) is 28.6. The highest BCUT2D eigenvalue weighted by Gasteiger charge is 2.60. The molecule has 0 amide bonds. The van der Waals surface area contributed by atoms with E-state index < -0.39 is 11.7 Å². The van der Waals surface area contributed by atoms with E-state index in [9.17, 15) is 10.2 Å². The van der Waals surface area contributed by atoms with Crippen molar-refractivity contribution in [2.45, 2.75) is 136 Å². The van der Waals surface area contributed by atoms with Gasteiger partial charge >= 0.3 is 0 Å². The third kappa shape index (κ3) is 5.36. The van der Waals surface area contributed by atoms with Crippen LogP contribution in [0.25, 0.3) is 0 Å². The van der Waals surface area contributed by atoms with E-state index in [1.807, 2.05) is 27.7 Å². The average molecular weight is 505 g/mol. The molecule has 4 nitrogen and oxygen atoms in total. The Balaban J connectivity index is 1.45. The molecule has 4 aliphatic rings. The summed E-state index contributed by atoms with van der Waals surface area (Å²) in [6.45, 7) is 16.0. The zero-order valence-corrected chi connectivity index (χ0v) is 24.6. The first-order valence-electron chi connectivity index (χ1n) is 15.0. The lowest BCUT2D eigenvalue weighted by Crippen LogP contribution is -2.54. The SMILES string of the molecule is COC(C)(C)CO[C@H]1CC[C@@]2(C)C(=CC[C@H]3[C@@H]4CC[C@H]([C@H](C)CCCC(C)(C)O)[C@@]4(C)CC[C@@H]32)[C@H]1O. The van der Waals surface area contributed by atoms with Gasteiger partial charge in [-0.05, 0) is 125 Å². The van der Waals surface area contributed by atoms with E-state index in [1.54, 1.807) is 7.11 Å². The van der Waals surface area contributed by atoms with Gasteiger partial charge in [0.1, 0.15) is 6.10 Å². The molecule has 36 heavy (non-hydrogen) atoms. The molecule has 4 aliphatic carbocycles. The Hall–Kier alpha value is -0.420. The van der Waals surface area contributed by atoms with E-state index in [2.05, 4.69) is 26.8 Å². The predicted molar refractivity (Wildman–Crippen MR) is 147 cm³/mol. The Bertz CT molecular complexity index is 796. The number of ether oxygens (including phenoxy) is 2. The molecule has 9 atom stereocenters. The maximum absolute atomic E-state index is 11.4. The molecule has 3 fully saturated rings. The molecule has 0 aliphatic heterocycles. The van der Waals surface area contributed by atoms with Gasteiger partial charge in [0.2, 0.25) is 0 Å². The van der Waals surface area contributed by atoms with Crippen molar-refractivity contribution < 1.29 is 19.7 Å². The van der Waals surface area contributed by atoms with E-state index in [-0.39, 0.29) is 17.1 Å². The van der Waals surface area contributed by atoms with E-state index in [0.29, 0.717) is 17.9 Å². The number of methoxy groups -OCH3 is 1. The summed E-state index contributed by atoms with van der Waals surface area (Å²) >= 11 is 0. The summed E-state index contributed by atoms with van der Waals surface area (Å²) in [6.07, 6.45) is 13.6. The zero-order chi connectivity index (χ0) is 26.5. The number of aliphatic hydroxyl groups is 2. The highest BCUT2D eigenvalue weighted by molar-refractivity contribution is 5.29. The van der Waals surface area contributed by atoms with Crippen molar-refractivity contribution in [3.8, 4) is 0 Å². The van der Waals surface area contributed by atoms with Crippen molar-refractivity contribution in [3.63, 3.8) is 0 Å². The van der Waals surface area contributed by atoms with Crippen molar-refractivity contribution in [3.05, 3.63) is 11.6 Å². The summed E-state index contributed by atoms with van der Waals surface area (Å²) in [4.78, 5) is 0. The molecule has 0 heterocycles. The summed E-state index contributed by atoms with van der Waals surface area (Å²) in [5.41, 5.74) is 0.951. The Labute approximate surface area is 221 Å². The fourth-order valence-electron chi connectivity index (χ4n) is 9.28. The van der Waals surface area contributed by atoms with Crippen molar-refractivity contribution >= 4 is 0 Å². The van der Waals surface area contributed by atoms with Crippen molar-refractivity contribution in [2.75, 3.05) is 13.7 Å². The molecule has 0 bridgehead atoms. The van der Waals surface area contributed by atoms with Gasteiger partial charge in [-0.15, -0.1) is 0 Å². The third-order valence-electron chi connectivity index (χ3n) is 11.5. The van der Waals surface area contributed by atoms with Crippen LogP contribution in [0.4, 0.5) is 0 Å². The highest BCUT2D eigenvalue weighted by Crippen LogP contribution is 2.67. The van der Waals surface area contributed by atoms with E-state index in [1.165, 1.54) is 37.7 Å². The molecule has 208 valence electrons. The van der Waals surface area contributed by atoms with Crippen LogP contribution >= 0.6 is 0 Å². The predicted octanol–water partition coefficient (Wildman–Crippen LogP) is 6.92. The Morgan fingerprint density at radius 2 is 1.78 bits per heavy atom. The number of aliphatic hydroxyl groups excluding tert-OH is 1. The van der Waals surface area contributed by atoms with Gasteiger partial charge in [-0.1, -0.05) is 39.7 Å². The molecular weight excluding hydrogens is 448 g/mol. The quantitative estimate of drug-likeness (QED) is 0.335. The Kier molecular flexibility index (Phi) is 8.16. The van der Waals surface area contributed by atoms with Gasteiger partial charge in [-0.2, -0.15) is 0 Å².